The Morgan fingerprint density at radius 1 is 1.78 bits per heavy atom. The normalized spacial score (nSPS) is 8.89. The molecule has 0 radical (unpaired) electrons. The van der Waals surface area contributed by atoms with Crippen molar-refractivity contribution in [3.8, 4) is 0 Å². The van der Waals surface area contributed by atoms with Gasteiger partial charge < -0.3 is 4.85 Å². The van der Waals surface area contributed by atoms with Crippen molar-refractivity contribution in [1.29, 1.82) is 0 Å². The molecule has 0 aliphatic carbocycles. The molecule has 0 aliphatic rings. The highest BCUT2D eigenvalue weighted by Crippen LogP contribution is 2.12. The van der Waals surface area contributed by atoms with Crippen molar-refractivity contribution in [2.45, 2.75) is 6.54 Å². The zero-order valence-electron chi connectivity index (χ0n) is 4.60. The van der Waals surface area contributed by atoms with Crippen LogP contribution in [0.1, 0.15) is 5.56 Å². The Bertz CT molecular complexity index is 235. The Balaban J connectivity index is 2.76. The fraction of sp³-hybridized carbons (Fsp3) is 0.167. The number of halogens is 1. The van der Waals surface area contributed by atoms with E-state index in [0.717, 1.165) is 16.9 Å². The molecule has 0 amide bonds. The summed E-state index contributed by atoms with van der Waals surface area (Å²) in [6.45, 7) is 6.75. The van der Waals surface area contributed by atoms with Crippen LogP contribution in [0.25, 0.3) is 4.85 Å². The summed E-state index contributed by atoms with van der Waals surface area (Å²) >= 11 is 1.03. The maximum absolute atomic E-state index is 12.2. The van der Waals surface area contributed by atoms with Gasteiger partial charge in [0.15, 0.2) is 5.13 Å². The van der Waals surface area contributed by atoms with Crippen molar-refractivity contribution in [1.82, 2.24) is 0 Å². The zero-order valence-corrected chi connectivity index (χ0v) is 5.41. The molecule has 0 saturated heterocycles. The molecule has 0 atom stereocenters. The quantitative estimate of drug-likeness (QED) is 0.528. The van der Waals surface area contributed by atoms with Gasteiger partial charge in [-0.15, -0.1) is 11.3 Å². The molecular weight excluding hydrogens is 137 g/mol. The fourth-order valence-electron chi connectivity index (χ4n) is 0.520. The van der Waals surface area contributed by atoms with Crippen LogP contribution in [-0.2, 0) is 6.54 Å². The van der Waals surface area contributed by atoms with Crippen molar-refractivity contribution >= 4 is 11.3 Å². The molecule has 0 spiro atoms. The van der Waals surface area contributed by atoms with Crippen LogP contribution in [0.4, 0.5) is 4.39 Å². The Labute approximate surface area is 56.6 Å². The van der Waals surface area contributed by atoms with Gasteiger partial charge in [-0.25, -0.2) is 6.57 Å². The van der Waals surface area contributed by atoms with Gasteiger partial charge in [-0.1, -0.05) is 0 Å². The van der Waals surface area contributed by atoms with Crippen molar-refractivity contribution < 1.29 is 4.39 Å². The number of thiophene rings is 1. The van der Waals surface area contributed by atoms with Crippen LogP contribution in [0.3, 0.4) is 0 Å². The molecule has 3 heteroatoms. The Morgan fingerprint density at radius 3 is 3.00 bits per heavy atom. The van der Waals surface area contributed by atoms with Gasteiger partial charge in [-0.3, -0.25) is 0 Å². The first kappa shape index (κ1) is 6.24. The van der Waals surface area contributed by atoms with Crippen LogP contribution in [0.5, 0.6) is 0 Å². The summed E-state index contributed by atoms with van der Waals surface area (Å²) in [6, 6.07) is 1.39. The average Bonchev–Trinajstić information content (AvgIpc) is 2.17. The third-order valence-corrected chi connectivity index (χ3v) is 1.65. The summed E-state index contributed by atoms with van der Waals surface area (Å²) in [4.78, 5) is 3.11. The van der Waals surface area contributed by atoms with Gasteiger partial charge in [-0.2, -0.15) is 4.39 Å². The van der Waals surface area contributed by atoms with E-state index in [9.17, 15) is 4.39 Å². The second-order valence-corrected chi connectivity index (χ2v) is 2.44. The van der Waals surface area contributed by atoms with Gasteiger partial charge >= 0.3 is 0 Å². The second kappa shape index (κ2) is 2.60. The predicted molar refractivity (Wildman–Crippen MR) is 34.6 cm³/mol. The van der Waals surface area contributed by atoms with Gasteiger partial charge in [0.2, 0.25) is 6.54 Å². The van der Waals surface area contributed by atoms with Crippen molar-refractivity contribution in [3.63, 3.8) is 0 Å². The maximum Gasteiger partial charge on any atom is 0.240 e. The molecule has 1 nitrogen and oxygen atoms in total. The highest BCUT2D eigenvalue weighted by atomic mass is 32.1. The van der Waals surface area contributed by atoms with Crippen molar-refractivity contribution in [3.05, 3.63) is 33.6 Å². The van der Waals surface area contributed by atoms with Gasteiger partial charge in [-0.05, 0) is 6.07 Å². The average molecular weight is 141 g/mol. The van der Waals surface area contributed by atoms with Gasteiger partial charge in [0.25, 0.3) is 0 Å². The van der Waals surface area contributed by atoms with E-state index in [1.54, 1.807) is 5.38 Å². The van der Waals surface area contributed by atoms with Gasteiger partial charge in [0.05, 0.1) is 0 Å². The lowest BCUT2D eigenvalue weighted by molar-refractivity contribution is 0.656. The molecule has 0 saturated carbocycles. The van der Waals surface area contributed by atoms with Crippen LogP contribution in [0.2, 0.25) is 0 Å². The molecule has 0 fully saturated rings. The molecule has 0 N–H and O–H groups in total. The summed E-state index contributed by atoms with van der Waals surface area (Å²) in [5.74, 6) is 0. The van der Waals surface area contributed by atoms with Gasteiger partial charge in [0, 0.05) is 10.9 Å². The molecule has 0 bridgehead atoms. The van der Waals surface area contributed by atoms with Crippen molar-refractivity contribution in [2.75, 3.05) is 0 Å². The molecular formula is C6H4FNS. The molecule has 1 heterocycles. The molecule has 1 rings (SSSR count). The minimum Gasteiger partial charge on any atom is -0.312 e. The van der Waals surface area contributed by atoms with E-state index in [1.807, 2.05) is 0 Å². The SMILES string of the molecule is [C-]#[N+]Cc1csc(F)c1. The van der Waals surface area contributed by atoms with E-state index in [4.69, 9.17) is 6.57 Å². The van der Waals surface area contributed by atoms with E-state index in [2.05, 4.69) is 4.85 Å². The molecule has 9 heavy (non-hydrogen) atoms. The molecule has 1 aromatic heterocycles. The van der Waals surface area contributed by atoms with E-state index >= 15 is 0 Å². The summed E-state index contributed by atoms with van der Waals surface area (Å²) in [7, 11) is 0. The van der Waals surface area contributed by atoms with Crippen molar-refractivity contribution in [2.24, 2.45) is 0 Å². The van der Waals surface area contributed by atoms with Crippen LogP contribution in [0.15, 0.2) is 11.4 Å². The Morgan fingerprint density at radius 2 is 2.56 bits per heavy atom. The molecule has 1 aromatic rings. The third-order valence-electron chi connectivity index (χ3n) is 0.883. The summed E-state index contributed by atoms with van der Waals surface area (Å²) < 4.78 is 12.2. The number of hydrogen-bond donors (Lipinski definition) is 0. The standard InChI is InChI=1S/C6H4FNS/c1-8-3-5-2-6(7)9-4-5/h2,4H,3H2. The van der Waals surface area contributed by atoms with Gasteiger partial charge in [0.1, 0.15) is 0 Å². The lowest BCUT2D eigenvalue weighted by Gasteiger charge is -1.74. The summed E-state index contributed by atoms with van der Waals surface area (Å²) in [6.07, 6.45) is 0. The molecule has 0 aromatic carbocycles. The minimum absolute atomic E-state index is 0.214. The van der Waals surface area contributed by atoms with E-state index in [1.165, 1.54) is 6.07 Å². The molecule has 0 unspecified atom stereocenters. The predicted octanol–water partition coefficient (Wildman–Crippen LogP) is 2.31. The summed E-state index contributed by atoms with van der Waals surface area (Å²) in [5, 5.41) is 1.45. The first-order valence-corrected chi connectivity index (χ1v) is 3.27. The third kappa shape index (κ3) is 1.51. The zero-order chi connectivity index (χ0) is 6.69. The van der Waals surface area contributed by atoms with E-state index in [-0.39, 0.29) is 5.13 Å². The fourth-order valence-corrected chi connectivity index (χ4v) is 1.15. The Kier molecular flexibility index (Phi) is 1.81. The van der Waals surface area contributed by atoms with E-state index in [0.29, 0.717) is 6.54 Å². The highest BCUT2D eigenvalue weighted by Gasteiger charge is 1.98. The lowest BCUT2D eigenvalue weighted by atomic mass is 10.3. The first-order chi connectivity index (χ1) is 4.33. The minimum atomic E-state index is -0.214. The molecule has 46 valence electrons. The number of rotatable bonds is 1. The number of hydrogen-bond acceptors (Lipinski definition) is 1. The van der Waals surface area contributed by atoms with Crippen LogP contribution >= 0.6 is 11.3 Å². The topological polar surface area (TPSA) is 4.36 Å². The Hall–Kier alpha value is -0.880. The van der Waals surface area contributed by atoms with Crippen LogP contribution in [0, 0.1) is 11.7 Å². The van der Waals surface area contributed by atoms with E-state index < -0.39 is 0 Å². The lowest BCUT2D eigenvalue weighted by Crippen LogP contribution is -1.68. The first-order valence-electron chi connectivity index (χ1n) is 2.39. The largest absolute Gasteiger partial charge is 0.312 e. The summed E-state index contributed by atoms with van der Waals surface area (Å²) in [5.41, 5.74) is 0.771. The highest BCUT2D eigenvalue weighted by molar-refractivity contribution is 7.08. The van der Waals surface area contributed by atoms with Crippen LogP contribution < -0.4 is 0 Å². The second-order valence-electron chi connectivity index (χ2n) is 1.58. The smallest absolute Gasteiger partial charge is 0.240 e. The maximum atomic E-state index is 12.2. The number of nitrogens with zero attached hydrogens (tertiary/aromatic N) is 1. The molecule has 0 aliphatic heterocycles. The van der Waals surface area contributed by atoms with Crippen LogP contribution in [-0.4, -0.2) is 0 Å². The monoisotopic (exact) mass is 141 g/mol.